The van der Waals surface area contributed by atoms with Gasteiger partial charge >= 0.3 is 0 Å². The second kappa shape index (κ2) is 5.81. The van der Waals surface area contributed by atoms with Crippen LogP contribution >= 0.6 is 0 Å². The summed E-state index contributed by atoms with van der Waals surface area (Å²) < 4.78 is 6.01. The summed E-state index contributed by atoms with van der Waals surface area (Å²) in [6, 6.07) is 6.44. The molecule has 1 N–H and O–H groups in total. The molecule has 1 aliphatic heterocycles. The number of pyridine rings is 1. The number of hydrogen-bond acceptors (Lipinski definition) is 3. The summed E-state index contributed by atoms with van der Waals surface area (Å²) in [4.78, 5) is 4.49. The van der Waals surface area contributed by atoms with Gasteiger partial charge in [0.2, 0.25) is 0 Å². The number of nitrogens with zero attached hydrogens (tertiary/aromatic N) is 1. The van der Waals surface area contributed by atoms with Crippen molar-refractivity contribution in [2.24, 2.45) is 0 Å². The van der Waals surface area contributed by atoms with Crippen molar-refractivity contribution in [2.75, 3.05) is 13.2 Å². The molecule has 100 valence electrons. The predicted molar refractivity (Wildman–Crippen MR) is 73.7 cm³/mol. The Bertz CT molecular complexity index is 360. The van der Waals surface area contributed by atoms with E-state index in [9.17, 15) is 0 Å². The van der Waals surface area contributed by atoms with Gasteiger partial charge in [0, 0.05) is 30.5 Å². The molecule has 1 aliphatic rings. The van der Waals surface area contributed by atoms with Crippen LogP contribution in [0.2, 0.25) is 0 Å². The Morgan fingerprint density at radius 2 is 2.33 bits per heavy atom. The van der Waals surface area contributed by atoms with Gasteiger partial charge in [-0.1, -0.05) is 19.9 Å². The molecule has 1 aromatic heterocycles. The van der Waals surface area contributed by atoms with Crippen LogP contribution in [0.5, 0.6) is 0 Å². The molecule has 0 spiro atoms. The van der Waals surface area contributed by atoms with Crippen LogP contribution in [-0.2, 0) is 4.74 Å². The standard InChI is InChI=1S/C15H24N2O/c1-4-16-14(15(3)9-7-11-18-15)12(2)13-8-5-6-10-17-13/h5-6,8,10,12,14,16H,4,7,9,11H2,1-3H3. The van der Waals surface area contributed by atoms with Gasteiger partial charge in [0.15, 0.2) is 0 Å². The van der Waals surface area contributed by atoms with Crippen LogP contribution < -0.4 is 5.32 Å². The van der Waals surface area contributed by atoms with E-state index in [1.54, 1.807) is 0 Å². The fourth-order valence-corrected chi connectivity index (χ4v) is 3.00. The van der Waals surface area contributed by atoms with Crippen molar-refractivity contribution in [1.82, 2.24) is 10.3 Å². The molecular formula is C15H24N2O. The highest BCUT2D eigenvalue weighted by Crippen LogP contribution is 2.35. The highest BCUT2D eigenvalue weighted by Gasteiger charge is 2.41. The van der Waals surface area contributed by atoms with Gasteiger partial charge in [0.05, 0.1) is 5.60 Å². The van der Waals surface area contributed by atoms with E-state index in [-0.39, 0.29) is 5.60 Å². The molecule has 2 rings (SSSR count). The lowest BCUT2D eigenvalue weighted by Gasteiger charge is -2.37. The zero-order valence-electron chi connectivity index (χ0n) is 11.6. The van der Waals surface area contributed by atoms with Crippen LogP contribution in [-0.4, -0.2) is 29.8 Å². The average molecular weight is 248 g/mol. The maximum absolute atomic E-state index is 6.01. The lowest BCUT2D eigenvalue weighted by Crippen LogP contribution is -2.51. The maximum Gasteiger partial charge on any atom is 0.0814 e. The molecule has 3 atom stereocenters. The summed E-state index contributed by atoms with van der Waals surface area (Å²) in [5, 5.41) is 3.60. The van der Waals surface area contributed by atoms with Gasteiger partial charge in [-0.15, -0.1) is 0 Å². The quantitative estimate of drug-likeness (QED) is 0.870. The third-order valence-corrected chi connectivity index (χ3v) is 3.99. The maximum atomic E-state index is 6.01. The van der Waals surface area contributed by atoms with E-state index in [0.717, 1.165) is 31.7 Å². The number of hydrogen-bond donors (Lipinski definition) is 1. The van der Waals surface area contributed by atoms with Crippen LogP contribution in [0.4, 0.5) is 0 Å². The second-order valence-electron chi connectivity index (χ2n) is 5.34. The first kappa shape index (κ1) is 13.5. The van der Waals surface area contributed by atoms with Gasteiger partial charge in [-0.3, -0.25) is 4.98 Å². The van der Waals surface area contributed by atoms with Crippen LogP contribution in [0.15, 0.2) is 24.4 Å². The van der Waals surface area contributed by atoms with Gasteiger partial charge in [0.25, 0.3) is 0 Å². The van der Waals surface area contributed by atoms with E-state index in [2.05, 4.69) is 43.2 Å². The monoisotopic (exact) mass is 248 g/mol. The molecule has 3 heteroatoms. The molecule has 3 nitrogen and oxygen atoms in total. The Balaban J connectivity index is 2.19. The molecule has 0 bridgehead atoms. The lowest BCUT2D eigenvalue weighted by molar-refractivity contribution is -0.0177. The summed E-state index contributed by atoms with van der Waals surface area (Å²) in [5.74, 6) is 0.356. The molecule has 3 unspecified atom stereocenters. The SMILES string of the molecule is CCNC(C(C)c1ccccn1)C1(C)CCCO1. The Labute approximate surface area is 110 Å². The van der Waals surface area contributed by atoms with Crippen LogP contribution in [0.3, 0.4) is 0 Å². The molecule has 0 saturated carbocycles. The van der Waals surface area contributed by atoms with Gasteiger partial charge in [-0.05, 0) is 38.4 Å². The fourth-order valence-electron chi connectivity index (χ4n) is 3.00. The van der Waals surface area contributed by atoms with E-state index in [0.29, 0.717) is 12.0 Å². The number of likely N-dealkylation sites (N-methyl/N-ethyl adjacent to an activating group) is 1. The molecule has 1 aromatic rings. The van der Waals surface area contributed by atoms with Crippen molar-refractivity contribution in [3.63, 3.8) is 0 Å². The third kappa shape index (κ3) is 2.73. The Hall–Kier alpha value is -0.930. The normalized spacial score (nSPS) is 27.1. The summed E-state index contributed by atoms with van der Waals surface area (Å²) in [5.41, 5.74) is 1.08. The summed E-state index contributed by atoms with van der Waals surface area (Å²) in [7, 11) is 0. The minimum Gasteiger partial charge on any atom is -0.374 e. The van der Waals surface area contributed by atoms with Crippen molar-refractivity contribution < 1.29 is 4.74 Å². The van der Waals surface area contributed by atoms with Crippen molar-refractivity contribution in [3.05, 3.63) is 30.1 Å². The molecule has 0 aromatic carbocycles. The van der Waals surface area contributed by atoms with Crippen molar-refractivity contribution >= 4 is 0 Å². The molecule has 2 heterocycles. The predicted octanol–water partition coefficient (Wildman–Crippen LogP) is 2.73. The van der Waals surface area contributed by atoms with E-state index in [1.165, 1.54) is 0 Å². The van der Waals surface area contributed by atoms with Gasteiger partial charge in [0.1, 0.15) is 0 Å². The van der Waals surface area contributed by atoms with E-state index < -0.39 is 0 Å². The summed E-state index contributed by atoms with van der Waals surface area (Å²) in [6.07, 6.45) is 4.15. The van der Waals surface area contributed by atoms with Gasteiger partial charge in [-0.25, -0.2) is 0 Å². The topological polar surface area (TPSA) is 34.2 Å². The highest BCUT2D eigenvalue weighted by atomic mass is 16.5. The van der Waals surface area contributed by atoms with E-state index in [1.807, 2.05) is 12.3 Å². The molecule has 0 aliphatic carbocycles. The van der Waals surface area contributed by atoms with Crippen molar-refractivity contribution in [3.8, 4) is 0 Å². The second-order valence-corrected chi connectivity index (χ2v) is 5.34. The third-order valence-electron chi connectivity index (χ3n) is 3.99. The van der Waals surface area contributed by atoms with Gasteiger partial charge in [-0.2, -0.15) is 0 Å². The first-order valence-corrected chi connectivity index (χ1v) is 6.95. The minimum absolute atomic E-state index is 0.0626. The van der Waals surface area contributed by atoms with Crippen LogP contribution in [0, 0.1) is 0 Å². The van der Waals surface area contributed by atoms with E-state index >= 15 is 0 Å². The largest absolute Gasteiger partial charge is 0.374 e. The van der Waals surface area contributed by atoms with Crippen molar-refractivity contribution in [1.29, 1.82) is 0 Å². The molecule has 1 saturated heterocycles. The van der Waals surface area contributed by atoms with E-state index in [4.69, 9.17) is 4.74 Å². The lowest BCUT2D eigenvalue weighted by atomic mass is 9.82. The number of rotatable bonds is 5. The zero-order valence-corrected chi connectivity index (χ0v) is 11.6. The highest BCUT2D eigenvalue weighted by molar-refractivity contribution is 5.14. The fraction of sp³-hybridized carbons (Fsp3) is 0.667. The molecule has 18 heavy (non-hydrogen) atoms. The van der Waals surface area contributed by atoms with Crippen molar-refractivity contribution in [2.45, 2.75) is 51.2 Å². The Morgan fingerprint density at radius 1 is 1.50 bits per heavy atom. The molecule has 0 amide bonds. The Kier molecular flexibility index (Phi) is 4.36. The summed E-state index contributed by atoms with van der Waals surface area (Å²) in [6.45, 7) is 8.46. The zero-order chi connectivity index (χ0) is 13.0. The van der Waals surface area contributed by atoms with Gasteiger partial charge < -0.3 is 10.1 Å². The number of aromatic nitrogens is 1. The average Bonchev–Trinajstić information content (AvgIpc) is 2.84. The first-order chi connectivity index (χ1) is 8.67. The summed E-state index contributed by atoms with van der Waals surface area (Å²) >= 11 is 0. The first-order valence-electron chi connectivity index (χ1n) is 6.95. The molecule has 0 radical (unpaired) electrons. The Morgan fingerprint density at radius 3 is 2.89 bits per heavy atom. The smallest absolute Gasteiger partial charge is 0.0814 e. The van der Waals surface area contributed by atoms with Crippen LogP contribution in [0.1, 0.15) is 45.2 Å². The molecule has 1 fully saturated rings. The molecular weight excluding hydrogens is 224 g/mol. The number of ether oxygens (including phenoxy) is 1. The van der Waals surface area contributed by atoms with Crippen LogP contribution in [0.25, 0.3) is 0 Å². The minimum atomic E-state index is -0.0626. The number of nitrogens with one attached hydrogen (secondary N) is 1.